The zero-order chi connectivity index (χ0) is 16.8. The number of rotatable bonds is 2. The number of ether oxygens (including phenoxy) is 2. The van der Waals surface area contributed by atoms with Gasteiger partial charge in [-0.3, -0.25) is 0 Å². The van der Waals surface area contributed by atoms with Gasteiger partial charge in [0.25, 0.3) is 0 Å². The van der Waals surface area contributed by atoms with E-state index >= 15 is 0 Å². The van der Waals surface area contributed by atoms with Crippen LogP contribution in [0.3, 0.4) is 0 Å². The molecule has 120 valence electrons. The van der Waals surface area contributed by atoms with Crippen LogP contribution in [-0.4, -0.2) is 23.3 Å². The molecule has 0 radical (unpaired) electrons. The first-order valence-electron chi connectivity index (χ1n) is 7.43. The molecule has 4 rings (SSSR count). The van der Waals surface area contributed by atoms with Gasteiger partial charge in [0.2, 0.25) is 6.29 Å². The Balaban J connectivity index is 2.19. The third-order valence-corrected chi connectivity index (χ3v) is 4.26. The van der Waals surface area contributed by atoms with E-state index in [-0.39, 0.29) is 11.5 Å². The second-order valence-electron chi connectivity index (χ2n) is 5.55. The Bertz CT molecular complexity index is 963. The Morgan fingerprint density at radius 3 is 2.46 bits per heavy atom. The number of hydrogen-bond donors (Lipinski definition) is 2. The van der Waals surface area contributed by atoms with Gasteiger partial charge >= 0.3 is 5.97 Å². The standard InChI is InChI=1S/C19H14O5/c1-23-14-9-13-15-12(18(21)24-19(13)22)8-7-11(16(15)17(14)20)10-5-3-2-4-6-10/h2-9,19-20,22H,1H3/t19-/m0/s1. The van der Waals surface area contributed by atoms with Crippen molar-refractivity contribution in [2.45, 2.75) is 6.29 Å². The fraction of sp³-hybridized carbons (Fsp3) is 0.105. The number of aliphatic hydroxyl groups excluding tert-OH is 1. The minimum absolute atomic E-state index is 0.0705. The number of cyclic esters (lactones) is 1. The van der Waals surface area contributed by atoms with Crippen molar-refractivity contribution in [2.75, 3.05) is 7.11 Å². The SMILES string of the molecule is COc1cc2c3c(ccc(-c4ccccc4)c3c1O)C(=O)O[C@@H]2O. The highest BCUT2D eigenvalue weighted by Crippen LogP contribution is 2.47. The molecule has 3 aromatic carbocycles. The number of hydrogen-bond acceptors (Lipinski definition) is 5. The first-order valence-corrected chi connectivity index (χ1v) is 7.43. The number of methoxy groups -OCH3 is 1. The van der Waals surface area contributed by atoms with E-state index in [1.54, 1.807) is 12.1 Å². The fourth-order valence-electron chi connectivity index (χ4n) is 3.16. The Kier molecular flexibility index (Phi) is 3.18. The van der Waals surface area contributed by atoms with Crippen LogP contribution >= 0.6 is 0 Å². The van der Waals surface area contributed by atoms with E-state index < -0.39 is 12.3 Å². The van der Waals surface area contributed by atoms with Crippen molar-refractivity contribution in [1.29, 1.82) is 0 Å². The number of phenols is 1. The van der Waals surface area contributed by atoms with Crippen LogP contribution < -0.4 is 4.74 Å². The van der Waals surface area contributed by atoms with Gasteiger partial charge in [0.15, 0.2) is 11.5 Å². The van der Waals surface area contributed by atoms with Gasteiger partial charge in [-0.25, -0.2) is 4.79 Å². The summed E-state index contributed by atoms with van der Waals surface area (Å²) in [6, 6.07) is 14.4. The van der Waals surface area contributed by atoms with Gasteiger partial charge in [-0.15, -0.1) is 0 Å². The molecule has 0 aromatic heterocycles. The number of carbonyl (C=O) groups excluding carboxylic acids is 1. The lowest BCUT2D eigenvalue weighted by molar-refractivity contribution is -0.0687. The van der Waals surface area contributed by atoms with Crippen LogP contribution in [0.2, 0.25) is 0 Å². The second kappa shape index (κ2) is 5.25. The monoisotopic (exact) mass is 322 g/mol. The van der Waals surface area contributed by atoms with Crippen molar-refractivity contribution in [1.82, 2.24) is 0 Å². The van der Waals surface area contributed by atoms with Crippen molar-refractivity contribution in [3.63, 3.8) is 0 Å². The van der Waals surface area contributed by atoms with E-state index in [1.807, 2.05) is 30.3 Å². The topological polar surface area (TPSA) is 76.0 Å². The summed E-state index contributed by atoms with van der Waals surface area (Å²) in [5.41, 5.74) is 2.33. The maximum Gasteiger partial charge on any atom is 0.341 e. The summed E-state index contributed by atoms with van der Waals surface area (Å²) in [7, 11) is 1.43. The Labute approximate surface area is 137 Å². The van der Waals surface area contributed by atoms with Gasteiger partial charge in [0, 0.05) is 16.3 Å². The molecule has 0 saturated heterocycles. The van der Waals surface area contributed by atoms with Gasteiger partial charge in [-0.2, -0.15) is 0 Å². The molecule has 0 bridgehead atoms. The predicted octanol–water partition coefficient (Wildman–Crippen LogP) is 3.38. The predicted molar refractivity (Wildman–Crippen MR) is 88.0 cm³/mol. The number of phenolic OH excluding ortho intramolecular Hbond substituents is 1. The van der Waals surface area contributed by atoms with Crippen molar-refractivity contribution >= 4 is 16.7 Å². The van der Waals surface area contributed by atoms with E-state index in [0.29, 0.717) is 21.9 Å². The minimum atomic E-state index is -1.40. The highest BCUT2D eigenvalue weighted by Gasteiger charge is 2.31. The van der Waals surface area contributed by atoms with E-state index in [2.05, 4.69) is 0 Å². The van der Waals surface area contributed by atoms with Crippen LogP contribution in [-0.2, 0) is 4.74 Å². The molecule has 5 heteroatoms. The van der Waals surface area contributed by atoms with Crippen LogP contribution in [0, 0.1) is 0 Å². The van der Waals surface area contributed by atoms with Crippen molar-refractivity contribution in [3.05, 3.63) is 59.7 Å². The average Bonchev–Trinajstić information content (AvgIpc) is 2.61. The highest BCUT2D eigenvalue weighted by atomic mass is 16.6. The lowest BCUT2D eigenvalue weighted by atomic mass is 9.90. The number of benzene rings is 3. The van der Waals surface area contributed by atoms with Crippen molar-refractivity contribution in [2.24, 2.45) is 0 Å². The van der Waals surface area contributed by atoms with Crippen LogP contribution in [0.4, 0.5) is 0 Å². The summed E-state index contributed by atoms with van der Waals surface area (Å²) in [5, 5.41) is 21.8. The summed E-state index contributed by atoms with van der Waals surface area (Å²) in [6.45, 7) is 0. The fourth-order valence-corrected chi connectivity index (χ4v) is 3.16. The Morgan fingerprint density at radius 1 is 1.04 bits per heavy atom. The number of esters is 1. The quantitative estimate of drug-likeness (QED) is 0.707. The molecule has 0 amide bonds. The molecule has 2 N–H and O–H groups in total. The minimum Gasteiger partial charge on any atom is -0.504 e. The van der Waals surface area contributed by atoms with Gasteiger partial charge in [-0.05, 0) is 23.3 Å². The molecule has 24 heavy (non-hydrogen) atoms. The smallest absolute Gasteiger partial charge is 0.341 e. The van der Waals surface area contributed by atoms with E-state index in [9.17, 15) is 15.0 Å². The van der Waals surface area contributed by atoms with E-state index in [0.717, 1.165) is 11.1 Å². The normalized spacial score (nSPS) is 16.1. The van der Waals surface area contributed by atoms with Gasteiger partial charge in [0.05, 0.1) is 12.7 Å². The van der Waals surface area contributed by atoms with Crippen molar-refractivity contribution < 1.29 is 24.5 Å². The maximum absolute atomic E-state index is 12.1. The molecule has 1 aliphatic rings. The molecule has 5 nitrogen and oxygen atoms in total. The summed E-state index contributed by atoms with van der Waals surface area (Å²) in [5.74, 6) is -0.480. The highest BCUT2D eigenvalue weighted by molar-refractivity contribution is 6.14. The number of aromatic hydroxyl groups is 1. The van der Waals surface area contributed by atoms with Crippen LogP contribution in [0.15, 0.2) is 48.5 Å². The Morgan fingerprint density at radius 2 is 1.75 bits per heavy atom. The summed E-state index contributed by atoms with van der Waals surface area (Å²) < 4.78 is 10.2. The maximum atomic E-state index is 12.1. The molecule has 0 aliphatic carbocycles. The van der Waals surface area contributed by atoms with Crippen LogP contribution in [0.5, 0.6) is 11.5 Å². The average molecular weight is 322 g/mol. The first kappa shape index (κ1) is 14.5. The molecular formula is C19H14O5. The number of carbonyl (C=O) groups is 1. The Hall–Kier alpha value is -3.05. The van der Waals surface area contributed by atoms with E-state index in [1.165, 1.54) is 13.2 Å². The summed E-state index contributed by atoms with van der Waals surface area (Å²) in [4.78, 5) is 12.1. The van der Waals surface area contributed by atoms with Gasteiger partial charge < -0.3 is 19.7 Å². The van der Waals surface area contributed by atoms with E-state index in [4.69, 9.17) is 9.47 Å². The first-order chi connectivity index (χ1) is 11.6. The molecule has 0 saturated carbocycles. The zero-order valence-corrected chi connectivity index (χ0v) is 12.8. The molecule has 1 aliphatic heterocycles. The second-order valence-corrected chi connectivity index (χ2v) is 5.55. The third kappa shape index (κ3) is 1.95. The lowest BCUT2D eigenvalue weighted by Crippen LogP contribution is -2.18. The largest absolute Gasteiger partial charge is 0.504 e. The molecule has 0 unspecified atom stereocenters. The summed E-state index contributed by atoms with van der Waals surface area (Å²) in [6.07, 6.45) is -1.40. The molecule has 1 heterocycles. The molecule has 3 aromatic rings. The molecule has 0 spiro atoms. The van der Waals surface area contributed by atoms with Crippen LogP contribution in [0.1, 0.15) is 22.2 Å². The molecular weight excluding hydrogens is 308 g/mol. The third-order valence-electron chi connectivity index (χ3n) is 4.26. The number of aliphatic hydroxyl groups is 1. The zero-order valence-electron chi connectivity index (χ0n) is 12.8. The van der Waals surface area contributed by atoms with Gasteiger partial charge in [0.1, 0.15) is 0 Å². The lowest BCUT2D eigenvalue weighted by Gasteiger charge is -2.24. The molecule has 0 fully saturated rings. The van der Waals surface area contributed by atoms with Gasteiger partial charge in [-0.1, -0.05) is 36.4 Å². The molecule has 1 atom stereocenters. The summed E-state index contributed by atoms with van der Waals surface area (Å²) >= 11 is 0. The van der Waals surface area contributed by atoms with Crippen molar-refractivity contribution in [3.8, 4) is 22.6 Å². The van der Waals surface area contributed by atoms with Crippen LogP contribution in [0.25, 0.3) is 21.9 Å².